The summed E-state index contributed by atoms with van der Waals surface area (Å²) in [6, 6.07) is 18.8. The fourth-order valence-electron chi connectivity index (χ4n) is 2.91. The van der Waals surface area contributed by atoms with Gasteiger partial charge in [0.2, 0.25) is 0 Å². The van der Waals surface area contributed by atoms with Crippen molar-refractivity contribution in [3.8, 4) is 11.8 Å². The molecule has 2 N–H and O–H groups in total. The van der Waals surface area contributed by atoms with Crippen molar-refractivity contribution in [2.24, 2.45) is 0 Å². The molecule has 0 bridgehead atoms. The van der Waals surface area contributed by atoms with Crippen LogP contribution >= 0.6 is 0 Å². The number of aryl methyl sites for hydroxylation is 2. The van der Waals surface area contributed by atoms with Crippen LogP contribution in [0.25, 0.3) is 16.8 Å². The maximum atomic E-state index is 12.6. The van der Waals surface area contributed by atoms with Gasteiger partial charge >= 0.3 is 0 Å². The van der Waals surface area contributed by atoms with Crippen LogP contribution in [-0.2, 0) is 4.79 Å². The molecule has 0 saturated heterocycles. The first kappa shape index (κ1) is 17.2. The van der Waals surface area contributed by atoms with E-state index in [4.69, 9.17) is 0 Å². The van der Waals surface area contributed by atoms with Gasteiger partial charge < -0.3 is 10.4 Å². The van der Waals surface area contributed by atoms with Gasteiger partial charge in [0, 0.05) is 11.1 Å². The Balaban J connectivity index is 1.93. The van der Waals surface area contributed by atoms with Gasteiger partial charge in [-0.3, -0.25) is 4.79 Å². The Hall–Kier alpha value is -3.58. The Kier molecular flexibility index (Phi) is 4.72. The number of carbonyl (C=O) groups excluding carboxylic acids is 1. The van der Waals surface area contributed by atoms with Crippen molar-refractivity contribution in [3.05, 3.63) is 76.9 Å². The second kappa shape index (κ2) is 7.12. The zero-order chi connectivity index (χ0) is 18.7. The van der Waals surface area contributed by atoms with Crippen LogP contribution in [0.2, 0.25) is 0 Å². The molecule has 4 nitrogen and oxygen atoms in total. The Morgan fingerprint density at radius 1 is 1.08 bits per heavy atom. The number of carbonyl (C=O) groups is 1. The van der Waals surface area contributed by atoms with Crippen LogP contribution in [0, 0.1) is 25.2 Å². The topological polar surface area (TPSA) is 73.1 Å². The fraction of sp³-hybridized carbons (Fsp3) is 0.0909. The molecule has 3 aromatic rings. The summed E-state index contributed by atoms with van der Waals surface area (Å²) in [6.45, 7) is 3.56. The van der Waals surface area contributed by atoms with Gasteiger partial charge in [-0.25, -0.2) is 0 Å². The fourth-order valence-corrected chi connectivity index (χ4v) is 2.91. The molecule has 128 valence electrons. The number of amides is 1. The highest BCUT2D eigenvalue weighted by Gasteiger charge is 2.12. The van der Waals surface area contributed by atoms with E-state index in [0.717, 1.165) is 10.8 Å². The predicted molar refractivity (Wildman–Crippen MR) is 104 cm³/mol. The summed E-state index contributed by atoms with van der Waals surface area (Å²) in [6.07, 6.45) is 1.53. The summed E-state index contributed by atoms with van der Waals surface area (Å²) in [5.41, 5.74) is 2.75. The Morgan fingerprint density at radius 3 is 2.42 bits per heavy atom. The lowest BCUT2D eigenvalue weighted by molar-refractivity contribution is -0.112. The highest BCUT2D eigenvalue weighted by Crippen LogP contribution is 2.25. The van der Waals surface area contributed by atoms with Crippen molar-refractivity contribution in [3.63, 3.8) is 0 Å². The third kappa shape index (κ3) is 3.42. The van der Waals surface area contributed by atoms with Gasteiger partial charge in [0.25, 0.3) is 5.91 Å². The summed E-state index contributed by atoms with van der Waals surface area (Å²) in [4.78, 5) is 12.6. The molecule has 0 saturated carbocycles. The molecule has 0 radical (unpaired) electrons. The van der Waals surface area contributed by atoms with Crippen molar-refractivity contribution in [2.75, 3.05) is 5.32 Å². The maximum absolute atomic E-state index is 12.6. The van der Waals surface area contributed by atoms with Crippen molar-refractivity contribution in [2.45, 2.75) is 13.8 Å². The third-order valence-corrected chi connectivity index (χ3v) is 4.23. The first-order valence-electron chi connectivity index (χ1n) is 8.20. The van der Waals surface area contributed by atoms with Crippen LogP contribution in [0.5, 0.6) is 5.75 Å². The number of phenols is 1. The maximum Gasteiger partial charge on any atom is 0.266 e. The Bertz CT molecular complexity index is 1050. The Morgan fingerprint density at radius 2 is 1.73 bits per heavy atom. The highest BCUT2D eigenvalue weighted by molar-refractivity contribution is 6.12. The van der Waals surface area contributed by atoms with Crippen molar-refractivity contribution < 1.29 is 9.90 Å². The molecule has 0 unspecified atom stereocenters. The number of phenolic OH excluding ortho intramolecular Hbond substituents is 1. The predicted octanol–water partition coefficient (Wildman–Crippen LogP) is 4.71. The number of hydrogen-bond donors (Lipinski definition) is 2. The van der Waals surface area contributed by atoms with E-state index in [9.17, 15) is 15.2 Å². The molecule has 0 fully saturated rings. The van der Waals surface area contributed by atoms with Crippen LogP contribution in [-0.4, -0.2) is 11.0 Å². The van der Waals surface area contributed by atoms with E-state index in [1.54, 1.807) is 26.0 Å². The van der Waals surface area contributed by atoms with E-state index in [1.807, 2.05) is 48.5 Å². The number of rotatable bonds is 3. The average Bonchev–Trinajstić information content (AvgIpc) is 2.64. The number of aromatic hydroxyl groups is 1. The minimum Gasteiger partial charge on any atom is -0.507 e. The van der Waals surface area contributed by atoms with Gasteiger partial charge in [-0.05, 0) is 60.2 Å². The normalized spacial score (nSPS) is 11.2. The van der Waals surface area contributed by atoms with Gasteiger partial charge in [-0.1, -0.05) is 36.4 Å². The van der Waals surface area contributed by atoms with E-state index in [2.05, 4.69) is 5.32 Å². The zero-order valence-corrected chi connectivity index (χ0v) is 14.6. The van der Waals surface area contributed by atoms with Gasteiger partial charge in [-0.2, -0.15) is 5.26 Å². The molecule has 1 amide bonds. The summed E-state index contributed by atoms with van der Waals surface area (Å²) in [5, 5.41) is 24.0. The first-order valence-corrected chi connectivity index (χ1v) is 8.20. The Labute approximate surface area is 152 Å². The molecule has 26 heavy (non-hydrogen) atoms. The summed E-state index contributed by atoms with van der Waals surface area (Å²) >= 11 is 0. The molecular formula is C22H18N2O2. The van der Waals surface area contributed by atoms with Crippen LogP contribution in [0.4, 0.5) is 5.69 Å². The van der Waals surface area contributed by atoms with E-state index in [-0.39, 0.29) is 11.3 Å². The van der Waals surface area contributed by atoms with Gasteiger partial charge in [-0.15, -0.1) is 0 Å². The second-order valence-electron chi connectivity index (χ2n) is 6.15. The minimum atomic E-state index is -0.466. The van der Waals surface area contributed by atoms with Gasteiger partial charge in [0.1, 0.15) is 17.4 Å². The molecule has 0 aliphatic rings. The third-order valence-electron chi connectivity index (χ3n) is 4.23. The smallest absolute Gasteiger partial charge is 0.266 e. The lowest BCUT2D eigenvalue weighted by Gasteiger charge is -2.09. The molecule has 0 spiro atoms. The van der Waals surface area contributed by atoms with E-state index in [0.29, 0.717) is 22.4 Å². The average molecular weight is 342 g/mol. The number of anilines is 1. The van der Waals surface area contributed by atoms with Gasteiger partial charge in [0.05, 0.1) is 0 Å². The number of hydrogen-bond acceptors (Lipinski definition) is 3. The zero-order valence-electron chi connectivity index (χ0n) is 14.6. The summed E-state index contributed by atoms with van der Waals surface area (Å²) < 4.78 is 0. The lowest BCUT2D eigenvalue weighted by atomic mass is 10.0. The van der Waals surface area contributed by atoms with E-state index in [1.165, 1.54) is 6.08 Å². The highest BCUT2D eigenvalue weighted by atomic mass is 16.3. The first-order chi connectivity index (χ1) is 12.5. The lowest BCUT2D eigenvalue weighted by Crippen LogP contribution is -2.13. The van der Waals surface area contributed by atoms with Gasteiger partial charge in [0.15, 0.2) is 0 Å². The minimum absolute atomic E-state index is 0.00224. The summed E-state index contributed by atoms with van der Waals surface area (Å²) in [5.74, 6) is -0.243. The quantitative estimate of drug-likeness (QED) is 0.535. The molecule has 3 rings (SSSR count). The van der Waals surface area contributed by atoms with Crippen LogP contribution < -0.4 is 5.32 Å². The number of nitrogens with one attached hydrogen (secondary N) is 1. The second-order valence-corrected chi connectivity index (χ2v) is 6.15. The number of nitriles is 1. The molecule has 4 heteroatoms. The van der Waals surface area contributed by atoms with Crippen LogP contribution in [0.1, 0.15) is 16.7 Å². The molecule has 0 aliphatic heterocycles. The standard InChI is InChI=1S/C22H18N2O2/c1-14-10-16(11-15(2)21(14)25)12-18(13-23)22(26)24-20-9-5-7-17-6-3-4-8-19(17)20/h3-12,25H,1-2H3,(H,24,26)/b18-12+. The van der Waals surface area contributed by atoms with Crippen LogP contribution in [0.3, 0.4) is 0 Å². The van der Waals surface area contributed by atoms with Crippen molar-refractivity contribution in [1.29, 1.82) is 5.26 Å². The van der Waals surface area contributed by atoms with E-state index >= 15 is 0 Å². The molecule has 0 heterocycles. The molecule has 0 aliphatic carbocycles. The monoisotopic (exact) mass is 342 g/mol. The number of nitrogens with zero attached hydrogens (tertiary/aromatic N) is 1. The molecule has 0 aromatic heterocycles. The molecule has 3 aromatic carbocycles. The SMILES string of the molecule is Cc1cc(/C=C(\C#N)C(=O)Nc2cccc3ccccc23)cc(C)c1O. The number of benzene rings is 3. The summed E-state index contributed by atoms with van der Waals surface area (Å²) in [7, 11) is 0. The molecule has 0 atom stereocenters. The number of fused-ring (bicyclic) bond motifs is 1. The van der Waals surface area contributed by atoms with E-state index < -0.39 is 5.91 Å². The van der Waals surface area contributed by atoms with Crippen molar-refractivity contribution >= 4 is 28.4 Å². The largest absolute Gasteiger partial charge is 0.507 e. The van der Waals surface area contributed by atoms with Crippen LogP contribution in [0.15, 0.2) is 60.2 Å². The molecular weight excluding hydrogens is 324 g/mol. The van der Waals surface area contributed by atoms with Crippen molar-refractivity contribution in [1.82, 2.24) is 0 Å².